The Kier molecular flexibility index (Phi) is 5.20. The van der Waals surface area contributed by atoms with Gasteiger partial charge < -0.3 is 15.7 Å². The third-order valence-corrected chi connectivity index (χ3v) is 4.09. The fourth-order valence-electron chi connectivity index (χ4n) is 2.87. The van der Waals surface area contributed by atoms with E-state index in [1.165, 1.54) is 0 Å². The van der Waals surface area contributed by atoms with Crippen LogP contribution in [-0.2, 0) is 11.2 Å². The topological polar surface area (TPSA) is 78.4 Å². The average Bonchev–Trinajstić information content (AvgIpc) is 2.94. The first-order chi connectivity index (χ1) is 10.1. The van der Waals surface area contributed by atoms with Gasteiger partial charge in [-0.05, 0) is 42.9 Å². The molecule has 0 bridgehead atoms. The molecule has 2 amide bonds. The molecule has 1 aliphatic rings. The van der Waals surface area contributed by atoms with Crippen LogP contribution in [0.25, 0.3) is 0 Å². The molecule has 2 unspecified atom stereocenters. The fraction of sp³-hybridized carbons (Fsp3) is 0.500. The molecule has 2 atom stereocenters. The molecule has 3 N–H and O–H groups in total. The number of urea groups is 1. The van der Waals surface area contributed by atoms with Gasteiger partial charge in [0, 0.05) is 12.2 Å². The van der Waals surface area contributed by atoms with Crippen molar-refractivity contribution in [3.05, 3.63) is 29.8 Å². The van der Waals surface area contributed by atoms with Crippen molar-refractivity contribution in [1.29, 1.82) is 0 Å². The summed E-state index contributed by atoms with van der Waals surface area (Å²) in [7, 11) is 0. The molecule has 0 radical (unpaired) electrons. The van der Waals surface area contributed by atoms with Gasteiger partial charge in [0.25, 0.3) is 0 Å². The van der Waals surface area contributed by atoms with Crippen LogP contribution in [0.3, 0.4) is 0 Å². The smallest absolute Gasteiger partial charge is 0.319 e. The minimum atomic E-state index is -0.754. The molecule has 1 fully saturated rings. The monoisotopic (exact) mass is 290 g/mol. The van der Waals surface area contributed by atoms with Crippen LogP contribution >= 0.6 is 0 Å². The predicted octanol–water partition coefficient (Wildman–Crippen LogP) is 2.87. The van der Waals surface area contributed by atoms with Crippen LogP contribution in [0.15, 0.2) is 24.3 Å². The van der Waals surface area contributed by atoms with E-state index in [2.05, 4.69) is 17.6 Å². The van der Waals surface area contributed by atoms with Crippen molar-refractivity contribution in [2.24, 2.45) is 11.8 Å². The third-order valence-electron chi connectivity index (χ3n) is 4.09. The largest absolute Gasteiger partial charge is 0.481 e. The number of nitrogens with one attached hydrogen (secondary N) is 2. The summed E-state index contributed by atoms with van der Waals surface area (Å²) in [5.41, 5.74) is 1.92. The van der Waals surface area contributed by atoms with E-state index in [1.54, 1.807) is 0 Å². The molecule has 1 saturated carbocycles. The summed E-state index contributed by atoms with van der Waals surface area (Å²) in [5.74, 6) is -1.04. The molecule has 5 heteroatoms. The van der Waals surface area contributed by atoms with Gasteiger partial charge in [0.1, 0.15) is 0 Å². The molecule has 1 aromatic carbocycles. The van der Waals surface area contributed by atoms with E-state index in [9.17, 15) is 9.59 Å². The van der Waals surface area contributed by atoms with Crippen molar-refractivity contribution in [2.45, 2.75) is 32.6 Å². The van der Waals surface area contributed by atoms with Crippen LogP contribution in [-0.4, -0.2) is 23.7 Å². The lowest BCUT2D eigenvalue weighted by Crippen LogP contribution is -2.35. The first kappa shape index (κ1) is 15.4. The number of hydrogen-bond acceptors (Lipinski definition) is 2. The highest BCUT2D eigenvalue weighted by atomic mass is 16.4. The minimum absolute atomic E-state index is 0.0372. The summed E-state index contributed by atoms with van der Waals surface area (Å²) in [4.78, 5) is 23.0. The Morgan fingerprint density at radius 3 is 2.86 bits per heavy atom. The van der Waals surface area contributed by atoms with E-state index in [4.69, 9.17) is 5.11 Å². The second kappa shape index (κ2) is 7.11. The minimum Gasteiger partial charge on any atom is -0.481 e. The second-order valence-electron chi connectivity index (χ2n) is 5.52. The molecule has 2 rings (SSSR count). The molecule has 1 aliphatic carbocycles. The van der Waals surface area contributed by atoms with Gasteiger partial charge in [0.05, 0.1) is 5.92 Å². The summed E-state index contributed by atoms with van der Waals surface area (Å²) in [6.45, 7) is 2.47. The Labute approximate surface area is 124 Å². The first-order valence-corrected chi connectivity index (χ1v) is 7.46. The zero-order valence-corrected chi connectivity index (χ0v) is 12.3. The standard InChI is InChI=1S/C16H22N2O3/c1-2-11-5-3-7-13(9-11)18-16(21)17-10-12-6-4-8-14(12)15(19)20/h3,5,7,9,12,14H,2,4,6,8,10H2,1H3,(H,19,20)(H2,17,18,21). The molecule has 0 aliphatic heterocycles. The van der Waals surface area contributed by atoms with E-state index in [-0.39, 0.29) is 17.9 Å². The van der Waals surface area contributed by atoms with Gasteiger partial charge in [-0.2, -0.15) is 0 Å². The van der Waals surface area contributed by atoms with E-state index >= 15 is 0 Å². The van der Waals surface area contributed by atoms with Crippen LogP contribution in [0.1, 0.15) is 31.7 Å². The Balaban J connectivity index is 1.83. The summed E-state index contributed by atoms with van der Waals surface area (Å²) < 4.78 is 0. The van der Waals surface area contributed by atoms with Gasteiger partial charge in [0.15, 0.2) is 0 Å². The van der Waals surface area contributed by atoms with E-state index in [1.807, 2.05) is 24.3 Å². The lowest BCUT2D eigenvalue weighted by Gasteiger charge is -2.16. The maximum absolute atomic E-state index is 11.9. The molecule has 1 aromatic rings. The van der Waals surface area contributed by atoms with Gasteiger partial charge in [0.2, 0.25) is 0 Å². The number of amides is 2. The van der Waals surface area contributed by atoms with Crippen molar-refractivity contribution in [3.8, 4) is 0 Å². The predicted molar refractivity (Wildman–Crippen MR) is 81.3 cm³/mol. The van der Waals surface area contributed by atoms with E-state index in [0.717, 1.165) is 30.5 Å². The molecule has 21 heavy (non-hydrogen) atoms. The van der Waals surface area contributed by atoms with Gasteiger partial charge in [-0.3, -0.25) is 4.79 Å². The zero-order chi connectivity index (χ0) is 15.2. The molecule has 0 saturated heterocycles. The van der Waals surface area contributed by atoms with Crippen molar-refractivity contribution in [1.82, 2.24) is 5.32 Å². The Morgan fingerprint density at radius 2 is 2.14 bits per heavy atom. The number of aryl methyl sites for hydroxylation is 1. The third kappa shape index (κ3) is 4.21. The Hall–Kier alpha value is -2.04. The summed E-state index contributed by atoms with van der Waals surface area (Å²) in [6.07, 6.45) is 3.41. The average molecular weight is 290 g/mol. The number of hydrogen-bond donors (Lipinski definition) is 3. The molecule has 0 aromatic heterocycles. The number of rotatable bonds is 5. The van der Waals surface area contributed by atoms with Crippen molar-refractivity contribution < 1.29 is 14.7 Å². The van der Waals surface area contributed by atoms with Crippen LogP contribution in [0.2, 0.25) is 0 Å². The highest BCUT2D eigenvalue weighted by Crippen LogP contribution is 2.31. The molecule has 5 nitrogen and oxygen atoms in total. The highest BCUT2D eigenvalue weighted by Gasteiger charge is 2.32. The zero-order valence-electron chi connectivity index (χ0n) is 12.3. The maximum Gasteiger partial charge on any atom is 0.319 e. The van der Waals surface area contributed by atoms with E-state index < -0.39 is 5.97 Å². The quantitative estimate of drug-likeness (QED) is 0.780. The van der Waals surface area contributed by atoms with Crippen molar-refractivity contribution >= 4 is 17.7 Å². The molecule has 114 valence electrons. The maximum atomic E-state index is 11.9. The van der Waals surface area contributed by atoms with Crippen LogP contribution in [0.5, 0.6) is 0 Å². The van der Waals surface area contributed by atoms with Crippen molar-refractivity contribution in [2.75, 3.05) is 11.9 Å². The normalized spacial score (nSPS) is 21.0. The molecular weight excluding hydrogens is 268 g/mol. The Morgan fingerprint density at radius 1 is 1.33 bits per heavy atom. The number of carboxylic acid groups (broad SMARTS) is 1. The first-order valence-electron chi connectivity index (χ1n) is 7.46. The SMILES string of the molecule is CCc1cccc(NC(=O)NCC2CCCC2C(=O)O)c1. The summed E-state index contributed by atoms with van der Waals surface area (Å²) >= 11 is 0. The highest BCUT2D eigenvalue weighted by molar-refractivity contribution is 5.89. The summed E-state index contributed by atoms with van der Waals surface area (Å²) in [6, 6.07) is 7.42. The summed E-state index contributed by atoms with van der Waals surface area (Å²) in [5, 5.41) is 14.7. The van der Waals surface area contributed by atoms with Gasteiger partial charge >= 0.3 is 12.0 Å². The van der Waals surface area contributed by atoms with Gasteiger partial charge in [-0.1, -0.05) is 25.5 Å². The molecule has 0 heterocycles. The van der Waals surface area contributed by atoms with Crippen LogP contribution < -0.4 is 10.6 Å². The van der Waals surface area contributed by atoms with Crippen LogP contribution in [0, 0.1) is 11.8 Å². The molecular formula is C16H22N2O3. The number of aliphatic carboxylic acids is 1. The van der Waals surface area contributed by atoms with Crippen LogP contribution in [0.4, 0.5) is 10.5 Å². The van der Waals surface area contributed by atoms with Gasteiger partial charge in [-0.15, -0.1) is 0 Å². The second-order valence-corrected chi connectivity index (χ2v) is 5.52. The number of benzene rings is 1. The molecule has 0 spiro atoms. The number of carboxylic acids is 1. The van der Waals surface area contributed by atoms with Gasteiger partial charge in [-0.25, -0.2) is 4.79 Å². The fourth-order valence-corrected chi connectivity index (χ4v) is 2.87. The van der Waals surface area contributed by atoms with E-state index in [0.29, 0.717) is 13.0 Å². The van der Waals surface area contributed by atoms with Crippen molar-refractivity contribution in [3.63, 3.8) is 0 Å². The number of carbonyl (C=O) groups is 2. The number of carbonyl (C=O) groups excluding carboxylic acids is 1. The lowest BCUT2D eigenvalue weighted by atomic mass is 9.96. The lowest BCUT2D eigenvalue weighted by molar-refractivity contribution is -0.142. The Bertz CT molecular complexity index is 516. The number of anilines is 1.